The molecule has 2 rings (SSSR count). The Bertz CT molecular complexity index is 683. The average Bonchev–Trinajstić information content (AvgIpc) is 3.01. The number of carbonyl (C=O) groups excluding carboxylic acids is 1. The van der Waals surface area contributed by atoms with Gasteiger partial charge in [-0.15, -0.1) is 6.58 Å². The summed E-state index contributed by atoms with van der Waals surface area (Å²) in [7, 11) is 0. The van der Waals surface area contributed by atoms with Crippen LogP contribution in [0.4, 0.5) is 4.79 Å². The van der Waals surface area contributed by atoms with Crippen molar-refractivity contribution in [3.05, 3.63) is 65.7 Å². The van der Waals surface area contributed by atoms with Crippen molar-refractivity contribution >= 4 is 17.6 Å². The Morgan fingerprint density at radius 3 is 2.96 bits per heavy atom. The maximum Gasteiger partial charge on any atom is 0.318 e. The molecule has 128 valence electrons. The Kier molecular flexibility index (Phi) is 6.88. The van der Waals surface area contributed by atoms with Crippen molar-refractivity contribution in [1.29, 1.82) is 0 Å². The average molecular weight is 347 g/mol. The summed E-state index contributed by atoms with van der Waals surface area (Å²) in [6.07, 6.45) is 6.25. The van der Waals surface area contributed by atoms with E-state index < -0.39 is 0 Å². The minimum absolute atomic E-state index is 0.107. The molecule has 2 aromatic rings. The van der Waals surface area contributed by atoms with E-state index in [-0.39, 0.29) is 6.03 Å². The van der Waals surface area contributed by atoms with Gasteiger partial charge >= 0.3 is 6.03 Å². The number of urea groups is 1. The fraction of sp³-hybridized carbons (Fsp3) is 0.333. The van der Waals surface area contributed by atoms with Crippen molar-refractivity contribution in [3.8, 4) is 0 Å². The molecular weight excluding hydrogens is 324 g/mol. The number of benzene rings is 1. The molecule has 0 fully saturated rings. The van der Waals surface area contributed by atoms with Gasteiger partial charge in [-0.1, -0.05) is 42.8 Å². The summed E-state index contributed by atoms with van der Waals surface area (Å²) in [5.74, 6) is 0.809. The fourth-order valence-electron chi connectivity index (χ4n) is 2.34. The number of amides is 2. The van der Waals surface area contributed by atoms with Crippen molar-refractivity contribution in [3.63, 3.8) is 0 Å². The van der Waals surface area contributed by atoms with Crippen LogP contribution in [0.2, 0.25) is 5.02 Å². The second kappa shape index (κ2) is 9.13. The van der Waals surface area contributed by atoms with E-state index >= 15 is 0 Å². The number of nitrogens with zero attached hydrogens (tertiary/aromatic N) is 3. The smallest absolute Gasteiger partial charge is 0.318 e. The maximum absolute atomic E-state index is 12.3. The molecule has 1 N–H and O–H groups in total. The van der Waals surface area contributed by atoms with Gasteiger partial charge in [0.2, 0.25) is 0 Å². The summed E-state index contributed by atoms with van der Waals surface area (Å²) in [6, 6.07) is 7.62. The third kappa shape index (κ3) is 4.86. The first-order valence-electron chi connectivity index (χ1n) is 8.02. The van der Waals surface area contributed by atoms with E-state index in [1.54, 1.807) is 17.2 Å². The summed E-state index contributed by atoms with van der Waals surface area (Å²) in [6.45, 7) is 7.90. The number of imidazole rings is 1. The summed E-state index contributed by atoms with van der Waals surface area (Å²) in [5.41, 5.74) is 1.02. The van der Waals surface area contributed by atoms with Gasteiger partial charge in [-0.3, -0.25) is 0 Å². The Morgan fingerprint density at radius 2 is 2.25 bits per heavy atom. The summed E-state index contributed by atoms with van der Waals surface area (Å²) < 4.78 is 2.00. The van der Waals surface area contributed by atoms with Crippen molar-refractivity contribution in [2.24, 2.45) is 0 Å². The SMILES string of the molecule is C=CCN(Cc1nccn1Cc1ccccc1Cl)C(=O)NCCC. The van der Waals surface area contributed by atoms with Gasteiger partial charge in [0.25, 0.3) is 0 Å². The first-order chi connectivity index (χ1) is 11.7. The molecular formula is C18H23ClN4O. The van der Waals surface area contributed by atoms with E-state index in [2.05, 4.69) is 16.9 Å². The molecule has 0 radical (unpaired) electrons. The molecule has 0 bridgehead atoms. The van der Waals surface area contributed by atoms with E-state index in [0.717, 1.165) is 22.8 Å². The van der Waals surface area contributed by atoms with Crippen molar-refractivity contribution in [2.75, 3.05) is 13.1 Å². The fourth-order valence-corrected chi connectivity index (χ4v) is 2.53. The van der Waals surface area contributed by atoms with Crippen LogP contribution >= 0.6 is 11.6 Å². The molecule has 0 aliphatic rings. The number of carbonyl (C=O) groups is 1. The molecule has 1 aromatic heterocycles. The minimum Gasteiger partial charge on any atom is -0.338 e. The van der Waals surface area contributed by atoms with E-state index in [1.165, 1.54) is 0 Å². The van der Waals surface area contributed by atoms with Gasteiger partial charge in [0.15, 0.2) is 0 Å². The lowest BCUT2D eigenvalue weighted by Crippen LogP contribution is -2.40. The molecule has 0 saturated heterocycles. The van der Waals surface area contributed by atoms with Gasteiger partial charge in [0.05, 0.1) is 13.1 Å². The second-order valence-corrected chi connectivity index (χ2v) is 5.87. The van der Waals surface area contributed by atoms with Gasteiger partial charge in [-0.25, -0.2) is 9.78 Å². The van der Waals surface area contributed by atoms with Gasteiger partial charge in [-0.2, -0.15) is 0 Å². The van der Waals surface area contributed by atoms with Crippen LogP contribution in [0, 0.1) is 0 Å². The van der Waals surface area contributed by atoms with Crippen molar-refractivity contribution in [2.45, 2.75) is 26.4 Å². The van der Waals surface area contributed by atoms with Crippen LogP contribution < -0.4 is 5.32 Å². The number of halogens is 1. The minimum atomic E-state index is -0.107. The Labute approximate surface area is 147 Å². The number of hydrogen-bond acceptors (Lipinski definition) is 2. The highest BCUT2D eigenvalue weighted by molar-refractivity contribution is 6.31. The van der Waals surface area contributed by atoms with Crippen LogP contribution in [-0.2, 0) is 13.1 Å². The molecule has 24 heavy (non-hydrogen) atoms. The van der Waals surface area contributed by atoms with Gasteiger partial charge in [0, 0.05) is 30.5 Å². The maximum atomic E-state index is 12.3. The van der Waals surface area contributed by atoms with Gasteiger partial charge in [-0.05, 0) is 18.1 Å². The number of hydrogen-bond donors (Lipinski definition) is 1. The van der Waals surface area contributed by atoms with Crippen LogP contribution in [0.25, 0.3) is 0 Å². The molecule has 0 atom stereocenters. The van der Waals surface area contributed by atoms with Crippen LogP contribution in [0.1, 0.15) is 24.7 Å². The third-order valence-corrected chi connectivity index (χ3v) is 3.96. The largest absolute Gasteiger partial charge is 0.338 e. The molecule has 0 unspecified atom stereocenters. The van der Waals surface area contributed by atoms with E-state index in [1.807, 2.05) is 42.0 Å². The van der Waals surface area contributed by atoms with Crippen LogP contribution in [0.5, 0.6) is 0 Å². The zero-order valence-corrected chi connectivity index (χ0v) is 14.7. The molecule has 0 spiro atoms. The zero-order valence-electron chi connectivity index (χ0n) is 13.9. The van der Waals surface area contributed by atoms with E-state index in [4.69, 9.17) is 11.6 Å². The topological polar surface area (TPSA) is 50.2 Å². The summed E-state index contributed by atoms with van der Waals surface area (Å²) in [4.78, 5) is 18.3. The zero-order chi connectivity index (χ0) is 17.4. The molecule has 0 aliphatic heterocycles. The van der Waals surface area contributed by atoms with Gasteiger partial charge < -0.3 is 14.8 Å². The molecule has 0 aliphatic carbocycles. The van der Waals surface area contributed by atoms with Crippen LogP contribution in [-0.4, -0.2) is 33.6 Å². The lowest BCUT2D eigenvalue weighted by molar-refractivity contribution is 0.199. The molecule has 1 heterocycles. The van der Waals surface area contributed by atoms with E-state index in [0.29, 0.717) is 26.2 Å². The molecule has 1 aromatic carbocycles. The predicted molar refractivity (Wildman–Crippen MR) is 97.1 cm³/mol. The second-order valence-electron chi connectivity index (χ2n) is 5.46. The van der Waals surface area contributed by atoms with Gasteiger partial charge in [0.1, 0.15) is 5.82 Å². The molecule has 0 saturated carbocycles. The Hall–Kier alpha value is -2.27. The molecule has 6 heteroatoms. The predicted octanol–water partition coefficient (Wildman–Crippen LogP) is 3.69. The van der Waals surface area contributed by atoms with Crippen LogP contribution in [0.15, 0.2) is 49.3 Å². The first-order valence-corrected chi connectivity index (χ1v) is 8.40. The lowest BCUT2D eigenvalue weighted by Gasteiger charge is -2.22. The monoisotopic (exact) mass is 346 g/mol. The van der Waals surface area contributed by atoms with Crippen molar-refractivity contribution in [1.82, 2.24) is 19.8 Å². The summed E-state index contributed by atoms with van der Waals surface area (Å²) >= 11 is 6.24. The third-order valence-electron chi connectivity index (χ3n) is 3.60. The number of nitrogens with one attached hydrogen (secondary N) is 1. The number of rotatable bonds is 8. The highest BCUT2D eigenvalue weighted by Crippen LogP contribution is 2.17. The molecule has 2 amide bonds. The quantitative estimate of drug-likeness (QED) is 0.741. The van der Waals surface area contributed by atoms with Crippen LogP contribution in [0.3, 0.4) is 0 Å². The lowest BCUT2D eigenvalue weighted by atomic mass is 10.2. The highest BCUT2D eigenvalue weighted by Gasteiger charge is 2.15. The normalized spacial score (nSPS) is 10.4. The Balaban J connectivity index is 2.11. The number of aromatic nitrogens is 2. The highest BCUT2D eigenvalue weighted by atomic mass is 35.5. The molecule has 5 nitrogen and oxygen atoms in total. The first kappa shape index (κ1) is 18.1. The van der Waals surface area contributed by atoms with E-state index in [9.17, 15) is 4.79 Å². The van der Waals surface area contributed by atoms with Crippen molar-refractivity contribution < 1.29 is 4.79 Å². The summed E-state index contributed by atoms with van der Waals surface area (Å²) in [5, 5.41) is 3.61. The standard InChI is InChI=1S/C18H23ClN4O/c1-3-9-21-18(24)23(11-4-2)14-17-20-10-12-22(17)13-15-7-5-6-8-16(15)19/h4-8,10,12H,2-3,9,11,13-14H2,1H3,(H,21,24). The Morgan fingerprint density at radius 1 is 1.46 bits per heavy atom.